The molecule has 23 heavy (non-hydrogen) atoms. The van der Waals surface area contributed by atoms with Crippen LogP contribution in [0.25, 0.3) is 0 Å². The van der Waals surface area contributed by atoms with Crippen molar-refractivity contribution in [2.45, 2.75) is 51.1 Å². The molecule has 124 valence electrons. The summed E-state index contributed by atoms with van der Waals surface area (Å²) in [5.74, 6) is 2.55. The molecule has 3 heterocycles. The zero-order valence-corrected chi connectivity index (χ0v) is 14.1. The second-order valence-electron chi connectivity index (χ2n) is 6.46. The Hall–Kier alpha value is -1.31. The van der Waals surface area contributed by atoms with Crippen LogP contribution in [0.1, 0.15) is 60.1 Å². The molecule has 2 fully saturated rings. The molecular weight excluding hydrogens is 312 g/mol. The van der Waals surface area contributed by atoms with Crippen molar-refractivity contribution in [1.29, 1.82) is 0 Å². The van der Waals surface area contributed by atoms with Crippen LogP contribution >= 0.6 is 11.3 Å². The van der Waals surface area contributed by atoms with Crippen molar-refractivity contribution in [2.75, 3.05) is 13.2 Å². The van der Waals surface area contributed by atoms with Gasteiger partial charge in [-0.3, -0.25) is 0 Å². The maximum absolute atomic E-state index is 5.45. The van der Waals surface area contributed by atoms with Gasteiger partial charge < -0.3 is 14.6 Å². The van der Waals surface area contributed by atoms with Crippen molar-refractivity contribution in [1.82, 2.24) is 20.4 Å². The van der Waals surface area contributed by atoms with Gasteiger partial charge in [-0.1, -0.05) is 5.16 Å². The van der Waals surface area contributed by atoms with E-state index < -0.39 is 0 Å². The molecular formula is C16H22N4O2S. The molecule has 2 aromatic heterocycles. The van der Waals surface area contributed by atoms with E-state index in [-0.39, 0.29) is 0 Å². The first-order valence-corrected chi connectivity index (χ1v) is 9.23. The molecule has 0 aromatic carbocycles. The van der Waals surface area contributed by atoms with E-state index in [1.807, 2.05) is 6.92 Å². The summed E-state index contributed by atoms with van der Waals surface area (Å²) < 4.78 is 10.8. The fourth-order valence-corrected chi connectivity index (χ4v) is 4.01. The molecule has 1 saturated carbocycles. The Morgan fingerprint density at radius 2 is 2.09 bits per heavy atom. The molecule has 1 saturated heterocycles. The lowest BCUT2D eigenvalue weighted by Gasteiger charge is -2.18. The quantitative estimate of drug-likeness (QED) is 0.875. The zero-order chi connectivity index (χ0) is 15.6. The van der Waals surface area contributed by atoms with Gasteiger partial charge in [-0.05, 0) is 38.5 Å². The van der Waals surface area contributed by atoms with Crippen LogP contribution in [0.2, 0.25) is 0 Å². The molecule has 4 rings (SSSR count). The number of rotatable bonds is 6. The third kappa shape index (κ3) is 3.62. The van der Waals surface area contributed by atoms with Gasteiger partial charge in [0.25, 0.3) is 0 Å². The molecule has 0 amide bonds. The molecule has 1 N–H and O–H groups in total. The summed E-state index contributed by atoms with van der Waals surface area (Å²) >= 11 is 1.74. The van der Waals surface area contributed by atoms with Crippen molar-refractivity contribution in [3.63, 3.8) is 0 Å². The Balaban J connectivity index is 1.38. The molecule has 1 aliphatic carbocycles. The summed E-state index contributed by atoms with van der Waals surface area (Å²) in [5.41, 5.74) is 1.10. The molecule has 6 nitrogen and oxygen atoms in total. The summed E-state index contributed by atoms with van der Waals surface area (Å²) in [4.78, 5) is 9.21. The smallest absolute Gasteiger partial charge is 0.229 e. The normalized spacial score (nSPS) is 20.7. The van der Waals surface area contributed by atoms with Gasteiger partial charge >= 0.3 is 0 Å². The number of hydrogen-bond acceptors (Lipinski definition) is 7. The number of aryl methyl sites for hydroxylation is 1. The number of hydrogen-bond donors (Lipinski definition) is 1. The van der Waals surface area contributed by atoms with Gasteiger partial charge in [0.2, 0.25) is 5.89 Å². The van der Waals surface area contributed by atoms with Gasteiger partial charge in [-0.15, -0.1) is 11.3 Å². The third-order valence-electron chi connectivity index (χ3n) is 4.53. The monoisotopic (exact) mass is 334 g/mol. The minimum absolute atomic E-state index is 0.318. The van der Waals surface area contributed by atoms with Crippen molar-refractivity contribution < 1.29 is 9.26 Å². The standard InChI is InChI=1S/C16H22N4O2S/c1-10-9-23-16(18-10)14(11-2-3-11)17-8-13-19-15(22-20-13)12-4-6-21-7-5-12/h9,11-12,14,17H,2-8H2,1H3/t14-/m0/s1. The number of aromatic nitrogens is 3. The molecule has 0 bridgehead atoms. The van der Waals surface area contributed by atoms with Crippen molar-refractivity contribution in [3.8, 4) is 0 Å². The highest BCUT2D eigenvalue weighted by molar-refractivity contribution is 7.09. The van der Waals surface area contributed by atoms with Crippen LogP contribution in [-0.4, -0.2) is 28.3 Å². The first-order valence-electron chi connectivity index (χ1n) is 8.35. The predicted molar refractivity (Wildman–Crippen MR) is 86.2 cm³/mol. The van der Waals surface area contributed by atoms with Gasteiger partial charge in [-0.25, -0.2) is 4.98 Å². The third-order valence-corrected chi connectivity index (χ3v) is 5.58. The second-order valence-corrected chi connectivity index (χ2v) is 7.35. The minimum atomic E-state index is 0.318. The average molecular weight is 334 g/mol. The number of ether oxygens (including phenoxy) is 1. The Morgan fingerprint density at radius 1 is 1.26 bits per heavy atom. The molecule has 1 aliphatic heterocycles. The lowest BCUT2D eigenvalue weighted by Crippen LogP contribution is -2.23. The van der Waals surface area contributed by atoms with E-state index in [9.17, 15) is 0 Å². The fraction of sp³-hybridized carbons (Fsp3) is 0.688. The van der Waals surface area contributed by atoms with Crippen molar-refractivity contribution in [2.24, 2.45) is 5.92 Å². The van der Waals surface area contributed by atoms with Crippen LogP contribution in [0.4, 0.5) is 0 Å². The van der Waals surface area contributed by atoms with Gasteiger partial charge in [0.1, 0.15) is 5.01 Å². The van der Waals surface area contributed by atoms with Gasteiger partial charge in [0.05, 0.1) is 12.6 Å². The maximum atomic E-state index is 5.45. The Labute approximate surface area is 139 Å². The van der Waals surface area contributed by atoms with E-state index in [0.29, 0.717) is 24.4 Å². The van der Waals surface area contributed by atoms with Crippen LogP contribution in [-0.2, 0) is 11.3 Å². The van der Waals surface area contributed by atoms with E-state index in [2.05, 4.69) is 25.8 Å². The average Bonchev–Trinajstić information content (AvgIpc) is 3.14. The van der Waals surface area contributed by atoms with Gasteiger partial charge in [0, 0.05) is 30.2 Å². The lowest BCUT2D eigenvalue weighted by molar-refractivity contribution is 0.0778. The highest BCUT2D eigenvalue weighted by Gasteiger charge is 2.34. The Kier molecular flexibility index (Phi) is 4.41. The molecule has 7 heteroatoms. The van der Waals surface area contributed by atoms with Crippen molar-refractivity contribution in [3.05, 3.63) is 27.8 Å². The number of nitrogens with one attached hydrogen (secondary N) is 1. The molecule has 0 unspecified atom stereocenters. The number of nitrogens with zero attached hydrogens (tertiary/aromatic N) is 3. The zero-order valence-electron chi connectivity index (χ0n) is 13.3. The Morgan fingerprint density at radius 3 is 2.78 bits per heavy atom. The summed E-state index contributed by atoms with van der Waals surface area (Å²) in [6.07, 6.45) is 4.49. The van der Waals surface area contributed by atoms with Gasteiger partial charge in [0.15, 0.2) is 5.82 Å². The summed E-state index contributed by atoms with van der Waals surface area (Å²) in [6.45, 7) is 4.25. The molecule has 1 atom stereocenters. The Bertz CT molecular complexity index is 646. The highest BCUT2D eigenvalue weighted by Crippen LogP contribution is 2.42. The second kappa shape index (κ2) is 6.67. The topological polar surface area (TPSA) is 73.1 Å². The van der Waals surface area contributed by atoms with Crippen LogP contribution in [0.3, 0.4) is 0 Å². The fourth-order valence-electron chi connectivity index (χ4n) is 3.05. The highest BCUT2D eigenvalue weighted by atomic mass is 32.1. The lowest BCUT2D eigenvalue weighted by atomic mass is 10.0. The summed E-state index contributed by atoms with van der Waals surface area (Å²) in [6, 6.07) is 0.318. The molecule has 2 aromatic rings. The van der Waals surface area contributed by atoms with Crippen LogP contribution in [0.5, 0.6) is 0 Å². The van der Waals surface area contributed by atoms with Crippen LogP contribution < -0.4 is 5.32 Å². The van der Waals surface area contributed by atoms with E-state index >= 15 is 0 Å². The van der Waals surface area contributed by atoms with Gasteiger partial charge in [-0.2, -0.15) is 4.98 Å². The van der Waals surface area contributed by atoms with Crippen LogP contribution in [0.15, 0.2) is 9.90 Å². The first-order chi connectivity index (χ1) is 11.3. The van der Waals surface area contributed by atoms with E-state index in [1.165, 1.54) is 17.8 Å². The molecule has 0 spiro atoms. The number of thiazole rings is 1. The van der Waals surface area contributed by atoms with Crippen molar-refractivity contribution >= 4 is 11.3 Å². The largest absolute Gasteiger partial charge is 0.381 e. The van der Waals surface area contributed by atoms with E-state index in [0.717, 1.165) is 43.5 Å². The van der Waals surface area contributed by atoms with E-state index in [1.54, 1.807) is 11.3 Å². The first kappa shape index (κ1) is 15.2. The summed E-state index contributed by atoms with van der Waals surface area (Å²) in [5, 5.41) is 11.0. The van der Waals surface area contributed by atoms with E-state index in [4.69, 9.17) is 9.26 Å². The predicted octanol–water partition coefficient (Wildman–Crippen LogP) is 2.97. The molecule has 0 radical (unpaired) electrons. The SMILES string of the molecule is Cc1csc([C@@H](NCc2noc(C3CCOCC3)n2)C2CC2)n1. The minimum Gasteiger partial charge on any atom is -0.381 e. The molecule has 2 aliphatic rings. The maximum Gasteiger partial charge on any atom is 0.229 e. The summed E-state index contributed by atoms with van der Waals surface area (Å²) in [7, 11) is 0. The van der Waals surface area contributed by atoms with Crippen LogP contribution in [0, 0.1) is 12.8 Å².